The first kappa shape index (κ1) is 19.4. The lowest BCUT2D eigenvalue weighted by molar-refractivity contribution is -0.150. The number of amides is 4. The van der Waals surface area contributed by atoms with E-state index >= 15 is 0 Å². The van der Waals surface area contributed by atoms with Crippen molar-refractivity contribution < 1.29 is 23.9 Å². The van der Waals surface area contributed by atoms with Crippen LogP contribution in [0.1, 0.15) is 38.7 Å². The third-order valence-corrected chi connectivity index (χ3v) is 4.07. The molecule has 0 unspecified atom stereocenters. The largest absolute Gasteiger partial charge is 0.455 e. The van der Waals surface area contributed by atoms with Gasteiger partial charge in [-0.2, -0.15) is 5.01 Å². The highest BCUT2D eigenvalue weighted by atomic mass is 16.5. The van der Waals surface area contributed by atoms with Gasteiger partial charge in [-0.3, -0.25) is 19.8 Å². The second-order valence-electron chi connectivity index (χ2n) is 6.33. The molecule has 26 heavy (non-hydrogen) atoms. The van der Waals surface area contributed by atoms with Crippen LogP contribution in [0, 0.1) is 0 Å². The van der Waals surface area contributed by atoms with Crippen LogP contribution in [0.5, 0.6) is 0 Å². The number of rotatable bonds is 8. The van der Waals surface area contributed by atoms with Gasteiger partial charge >= 0.3 is 12.0 Å². The first-order valence-electron chi connectivity index (χ1n) is 8.51. The first-order chi connectivity index (χ1) is 12.4. The molecule has 0 saturated carbocycles. The summed E-state index contributed by atoms with van der Waals surface area (Å²) >= 11 is 0. The second-order valence-corrected chi connectivity index (χ2v) is 6.33. The maximum Gasteiger partial charge on any atom is 0.344 e. The number of imide groups is 1. The summed E-state index contributed by atoms with van der Waals surface area (Å²) in [5.74, 6) is -1.80. The summed E-state index contributed by atoms with van der Waals surface area (Å²) in [6.45, 7) is 2.88. The number of benzene rings is 1. The Kier molecular flexibility index (Phi) is 6.32. The van der Waals surface area contributed by atoms with Crippen molar-refractivity contribution in [3.63, 3.8) is 0 Å². The van der Waals surface area contributed by atoms with Gasteiger partial charge in [-0.15, -0.1) is 0 Å². The number of esters is 1. The Morgan fingerprint density at radius 2 is 1.92 bits per heavy atom. The Balaban J connectivity index is 1.90. The molecule has 0 bridgehead atoms. The molecule has 8 heteroatoms. The van der Waals surface area contributed by atoms with Gasteiger partial charge in [-0.05, 0) is 31.7 Å². The van der Waals surface area contributed by atoms with Crippen molar-refractivity contribution in [1.82, 2.24) is 15.8 Å². The first-order valence-corrected chi connectivity index (χ1v) is 8.51. The van der Waals surface area contributed by atoms with Crippen LogP contribution in [0.25, 0.3) is 0 Å². The number of nitrogens with zero attached hydrogens (tertiary/aromatic N) is 1. The monoisotopic (exact) mass is 361 g/mol. The minimum atomic E-state index is -1.11. The molecule has 1 aromatic rings. The van der Waals surface area contributed by atoms with Crippen LogP contribution in [-0.2, 0) is 25.5 Å². The van der Waals surface area contributed by atoms with Gasteiger partial charge in [0.25, 0.3) is 11.8 Å². The smallest absolute Gasteiger partial charge is 0.344 e. The van der Waals surface area contributed by atoms with Gasteiger partial charge in [0.15, 0.2) is 6.61 Å². The molecule has 0 radical (unpaired) electrons. The number of hydrogen-bond acceptors (Lipinski definition) is 5. The van der Waals surface area contributed by atoms with Crippen molar-refractivity contribution >= 4 is 23.8 Å². The Hall–Kier alpha value is -2.90. The fourth-order valence-electron chi connectivity index (χ4n) is 2.57. The van der Waals surface area contributed by atoms with Gasteiger partial charge < -0.3 is 10.1 Å². The van der Waals surface area contributed by atoms with Crippen molar-refractivity contribution in [3.05, 3.63) is 35.9 Å². The van der Waals surface area contributed by atoms with E-state index in [1.165, 1.54) is 0 Å². The SMILES string of the molecule is CCCC(=O)OCC(=O)NN1C(=O)N[C@](C)(CCc2ccccc2)C1=O. The van der Waals surface area contributed by atoms with Crippen LogP contribution in [0.4, 0.5) is 4.79 Å². The zero-order chi connectivity index (χ0) is 19.2. The number of hydrogen-bond donors (Lipinski definition) is 2. The molecule has 0 aliphatic carbocycles. The fraction of sp³-hybridized carbons (Fsp3) is 0.444. The molecule has 1 atom stereocenters. The van der Waals surface area contributed by atoms with Gasteiger partial charge in [0.05, 0.1) is 0 Å². The number of nitrogens with one attached hydrogen (secondary N) is 2. The maximum absolute atomic E-state index is 12.6. The number of carbonyl (C=O) groups is 4. The molecule has 1 fully saturated rings. The molecule has 0 aromatic heterocycles. The lowest BCUT2D eigenvalue weighted by atomic mass is 9.93. The topological polar surface area (TPSA) is 105 Å². The molecule has 1 aromatic carbocycles. The van der Waals surface area contributed by atoms with E-state index in [0.29, 0.717) is 24.3 Å². The highest BCUT2D eigenvalue weighted by Crippen LogP contribution is 2.22. The lowest BCUT2D eigenvalue weighted by Crippen LogP contribution is -2.50. The zero-order valence-corrected chi connectivity index (χ0v) is 14.9. The van der Waals surface area contributed by atoms with E-state index in [0.717, 1.165) is 5.56 Å². The summed E-state index contributed by atoms with van der Waals surface area (Å²) in [6, 6.07) is 8.87. The summed E-state index contributed by atoms with van der Waals surface area (Å²) < 4.78 is 4.76. The molecular formula is C18H23N3O5. The molecule has 2 N–H and O–H groups in total. The number of ether oxygens (including phenoxy) is 1. The molecular weight excluding hydrogens is 338 g/mol. The molecule has 1 aliphatic heterocycles. The molecule has 1 heterocycles. The van der Waals surface area contributed by atoms with Crippen LogP contribution < -0.4 is 10.7 Å². The molecule has 0 spiro atoms. The van der Waals surface area contributed by atoms with Gasteiger partial charge in [-0.1, -0.05) is 37.3 Å². The van der Waals surface area contributed by atoms with E-state index in [4.69, 9.17) is 4.74 Å². The van der Waals surface area contributed by atoms with Crippen LogP contribution in [0.15, 0.2) is 30.3 Å². The van der Waals surface area contributed by atoms with E-state index < -0.39 is 36.0 Å². The highest BCUT2D eigenvalue weighted by molar-refractivity contribution is 6.07. The quantitative estimate of drug-likeness (QED) is 0.536. The average molecular weight is 361 g/mol. The Morgan fingerprint density at radius 1 is 1.23 bits per heavy atom. The van der Waals surface area contributed by atoms with E-state index in [-0.39, 0.29) is 6.42 Å². The van der Waals surface area contributed by atoms with Crippen LogP contribution in [0.2, 0.25) is 0 Å². The Bertz CT molecular complexity index is 691. The van der Waals surface area contributed by atoms with Crippen molar-refractivity contribution in [2.75, 3.05) is 6.61 Å². The molecule has 140 valence electrons. The summed E-state index contributed by atoms with van der Waals surface area (Å²) in [6.07, 6.45) is 1.79. The minimum absolute atomic E-state index is 0.202. The van der Waals surface area contributed by atoms with Crippen molar-refractivity contribution in [1.29, 1.82) is 0 Å². The lowest BCUT2D eigenvalue weighted by Gasteiger charge is -2.21. The van der Waals surface area contributed by atoms with E-state index in [1.54, 1.807) is 6.92 Å². The summed E-state index contributed by atoms with van der Waals surface area (Å²) in [5, 5.41) is 3.25. The maximum atomic E-state index is 12.6. The van der Waals surface area contributed by atoms with Crippen molar-refractivity contribution in [3.8, 4) is 0 Å². The molecule has 1 aliphatic rings. The predicted molar refractivity (Wildman–Crippen MR) is 92.6 cm³/mol. The van der Waals surface area contributed by atoms with Gasteiger partial charge in [0, 0.05) is 6.42 Å². The van der Waals surface area contributed by atoms with Crippen LogP contribution >= 0.6 is 0 Å². The number of hydrazine groups is 1. The van der Waals surface area contributed by atoms with E-state index in [2.05, 4.69) is 10.7 Å². The minimum Gasteiger partial charge on any atom is -0.455 e. The third-order valence-electron chi connectivity index (χ3n) is 4.07. The molecule has 8 nitrogen and oxygen atoms in total. The number of urea groups is 1. The Labute approximate surface area is 151 Å². The molecule has 1 saturated heterocycles. The van der Waals surface area contributed by atoms with Gasteiger partial charge in [0.2, 0.25) is 0 Å². The van der Waals surface area contributed by atoms with Gasteiger partial charge in [-0.25, -0.2) is 4.79 Å². The highest BCUT2D eigenvalue weighted by Gasteiger charge is 2.48. The predicted octanol–water partition coefficient (Wildman–Crippen LogP) is 1.30. The third kappa shape index (κ3) is 4.81. The summed E-state index contributed by atoms with van der Waals surface area (Å²) in [7, 11) is 0. The molecule has 4 amide bonds. The molecule has 2 rings (SSSR count). The average Bonchev–Trinajstić information content (AvgIpc) is 2.83. The standard InChI is InChI=1S/C18H23N3O5/c1-3-7-15(23)26-12-14(22)20-21-16(24)18(2,19-17(21)25)11-10-13-8-5-4-6-9-13/h4-6,8-9H,3,7,10-12H2,1-2H3,(H,19,25)(H,20,22)/t18-/m1/s1. The second kappa shape index (κ2) is 8.46. The van der Waals surface area contributed by atoms with E-state index in [9.17, 15) is 19.2 Å². The summed E-state index contributed by atoms with van der Waals surface area (Å²) in [4.78, 5) is 47.7. The number of aryl methyl sites for hydroxylation is 1. The van der Waals surface area contributed by atoms with Crippen molar-refractivity contribution in [2.45, 2.75) is 45.1 Å². The van der Waals surface area contributed by atoms with Crippen molar-refractivity contribution in [2.24, 2.45) is 0 Å². The fourth-order valence-corrected chi connectivity index (χ4v) is 2.57. The van der Waals surface area contributed by atoms with Gasteiger partial charge in [0.1, 0.15) is 5.54 Å². The van der Waals surface area contributed by atoms with E-state index in [1.807, 2.05) is 37.3 Å². The summed E-state index contributed by atoms with van der Waals surface area (Å²) in [5.41, 5.74) is 2.12. The van der Waals surface area contributed by atoms with Crippen LogP contribution in [-0.4, -0.2) is 41.0 Å². The van der Waals surface area contributed by atoms with Crippen LogP contribution in [0.3, 0.4) is 0 Å². The zero-order valence-electron chi connectivity index (χ0n) is 14.9. The Morgan fingerprint density at radius 3 is 2.58 bits per heavy atom. The normalized spacial score (nSPS) is 19.2. The number of carbonyl (C=O) groups excluding carboxylic acids is 4.